The summed E-state index contributed by atoms with van der Waals surface area (Å²) in [5, 5.41) is 4.90. The van der Waals surface area contributed by atoms with Gasteiger partial charge in [-0.3, -0.25) is 4.79 Å². The van der Waals surface area contributed by atoms with Crippen LogP contribution >= 0.6 is 11.8 Å². The molecule has 0 aliphatic rings. The smallest absolute Gasteiger partial charge is 0.329 e. The third kappa shape index (κ3) is 5.34. The first kappa shape index (κ1) is 19.7. The number of Topliss-reactive ketones (excluding diaryl/α,β-unsaturated/α-hetero) is 1. The number of ketones is 1. The van der Waals surface area contributed by atoms with E-state index in [9.17, 15) is 9.59 Å². The van der Waals surface area contributed by atoms with Gasteiger partial charge in [-0.2, -0.15) is 4.68 Å². The lowest BCUT2D eigenvalue weighted by molar-refractivity contribution is -0.125. The minimum atomic E-state index is -0.343. The van der Waals surface area contributed by atoms with Crippen molar-refractivity contribution < 1.29 is 9.59 Å². The number of nitrogens with zero attached hydrogens (tertiary/aromatic N) is 4. The van der Waals surface area contributed by atoms with E-state index in [0.717, 1.165) is 0 Å². The molecule has 0 spiro atoms. The Kier molecular flexibility index (Phi) is 6.01. The highest BCUT2D eigenvalue weighted by atomic mass is 32.2. The molecule has 0 aliphatic heterocycles. The highest BCUT2D eigenvalue weighted by Crippen LogP contribution is 2.25. The van der Waals surface area contributed by atoms with Crippen LogP contribution in [0.3, 0.4) is 0 Å². The average molecular weight is 340 g/mol. The molecule has 1 aromatic rings. The van der Waals surface area contributed by atoms with Gasteiger partial charge in [-0.1, -0.05) is 53.3 Å². The Hall–Kier alpha value is -1.37. The third-order valence-electron chi connectivity index (χ3n) is 3.21. The molecule has 0 aromatic carbocycles. The maximum Gasteiger partial charge on any atom is 0.346 e. The minimum absolute atomic E-state index is 0.200. The molecule has 7 heteroatoms. The van der Waals surface area contributed by atoms with Crippen molar-refractivity contribution in [2.45, 2.75) is 58.5 Å². The van der Waals surface area contributed by atoms with E-state index in [4.69, 9.17) is 0 Å². The summed E-state index contributed by atoms with van der Waals surface area (Å²) in [6.07, 6.45) is 0.446. The lowest BCUT2D eigenvalue weighted by Crippen LogP contribution is -2.29. The number of hydrogen-bond acceptors (Lipinski definition) is 5. The summed E-state index contributed by atoms with van der Waals surface area (Å²) in [5.74, 6) is 1.41. The van der Waals surface area contributed by atoms with Gasteiger partial charge in [0.1, 0.15) is 5.78 Å². The molecule has 0 saturated carbocycles. The molecular weight excluding hydrogens is 312 g/mol. The van der Waals surface area contributed by atoms with Crippen molar-refractivity contribution >= 4 is 23.6 Å². The molecule has 0 N–H and O–H groups in total. The monoisotopic (exact) mass is 340 g/mol. The largest absolute Gasteiger partial charge is 0.346 e. The number of hydrogen-bond donors (Lipinski definition) is 0. The van der Waals surface area contributed by atoms with Crippen molar-refractivity contribution in [1.82, 2.24) is 19.7 Å². The first-order valence-corrected chi connectivity index (χ1v) is 8.68. The second kappa shape index (κ2) is 7.03. The topological polar surface area (TPSA) is 68.1 Å². The molecule has 130 valence electrons. The van der Waals surface area contributed by atoms with E-state index < -0.39 is 0 Å². The van der Waals surface area contributed by atoms with Gasteiger partial charge in [-0.15, -0.1) is 5.10 Å². The molecule has 23 heavy (non-hydrogen) atoms. The number of rotatable bonds is 4. The van der Waals surface area contributed by atoms with Crippen LogP contribution in [0.25, 0.3) is 0 Å². The van der Waals surface area contributed by atoms with Crippen LogP contribution < -0.4 is 0 Å². The maximum atomic E-state index is 12.3. The molecule has 0 unspecified atom stereocenters. The van der Waals surface area contributed by atoms with E-state index in [1.165, 1.54) is 21.3 Å². The van der Waals surface area contributed by atoms with E-state index in [1.54, 1.807) is 14.1 Å². The standard InChI is InChI=1S/C16H28N4O2S/c1-15(2,3)11(21)9-10-23-13-17-12(16(4,5)6)18-20(13)14(22)19(7)8/h9-10H2,1-8H3. The van der Waals surface area contributed by atoms with Gasteiger partial charge in [0.2, 0.25) is 0 Å². The van der Waals surface area contributed by atoms with Crippen LogP contribution in [0.4, 0.5) is 4.79 Å². The molecule has 0 radical (unpaired) electrons. The molecule has 0 saturated heterocycles. The predicted octanol–water partition coefficient (Wildman–Crippen LogP) is 3.20. The molecule has 1 aromatic heterocycles. The summed E-state index contributed by atoms with van der Waals surface area (Å²) < 4.78 is 1.33. The second-order valence-electron chi connectivity index (χ2n) is 7.83. The summed E-state index contributed by atoms with van der Waals surface area (Å²) >= 11 is 1.40. The number of aromatic nitrogens is 3. The molecule has 6 nitrogen and oxygen atoms in total. The molecule has 1 amide bonds. The van der Waals surface area contributed by atoms with Crippen molar-refractivity contribution in [1.29, 1.82) is 0 Å². The Morgan fingerprint density at radius 3 is 2.13 bits per heavy atom. The number of carbonyl (C=O) groups is 2. The Bertz CT molecular complexity index is 580. The van der Waals surface area contributed by atoms with E-state index >= 15 is 0 Å². The van der Waals surface area contributed by atoms with Gasteiger partial charge in [0.25, 0.3) is 0 Å². The number of amides is 1. The van der Waals surface area contributed by atoms with Gasteiger partial charge in [0.05, 0.1) is 0 Å². The van der Waals surface area contributed by atoms with Gasteiger partial charge >= 0.3 is 6.03 Å². The van der Waals surface area contributed by atoms with Crippen LogP contribution in [-0.4, -0.2) is 51.3 Å². The third-order valence-corrected chi connectivity index (χ3v) is 4.14. The van der Waals surface area contributed by atoms with Crippen LogP contribution in [0.5, 0.6) is 0 Å². The fraction of sp³-hybridized carbons (Fsp3) is 0.750. The van der Waals surface area contributed by atoms with Crippen LogP contribution in [0.2, 0.25) is 0 Å². The Morgan fingerprint density at radius 1 is 1.13 bits per heavy atom. The summed E-state index contributed by atoms with van der Waals surface area (Å²) in [6, 6.07) is -0.238. The number of carbonyl (C=O) groups excluding carboxylic acids is 2. The molecular formula is C16H28N4O2S. The SMILES string of the molecule is CN(C)C(=O)n1nc(C(C)(C)C)nc1SCCC(=O)C(C)(C)C. The highest BCUT2D eigenvalue weighted by Gasteiger charge is 2.26. The lowest BCUT2D eigenvalue weighted by Gasteiger charge is -2.16. The quantitative estimate of drug-likeness (QED) is 0.787. The summed E-state index contributed by atoms with van der Waals surface area (Å²) in [5.41, 5.74) is -0.585. The molecule has 0 fully saturated rings. The van der Waals surface area contributed by atoms with Crippen LogP contribution in [0.15, 0.2) is 5.16 Å². The zero-order valence-corrected chi connectivity index (χ0v) is 16.2. The normalized spacial score (nSPS) is 12.3. The summed E-state index contributed by atoms with van der Waals surface area (Å²) in [4.78, 5) is 30.2. The van der Waals surface area contributed by atoms with Gasteiger partial charge in [-0.25, -0.2) is 9.78 Å². The van der Waals surface area contributed by atoms with Crippen molar-refractivity contribution in [3.63, 3.8) is 0 Å². The average Bonchev–Trinajstić information content (AvgIpc) is 2.80. The van der Waals surface area contributed by atoms with Crippen molar-refractivity contribution in [3.05, 3.63) is 5.82 Å². The van der Waals surface area contributed by atoms with Gasteiger partial charge in [-0.05, 0) is 0 Å². The Labute approximate surface area is 143 Å². The van der Waals surface area contributed by atoms with Crippen molar-refractivity contribution in [2.24, 2.45) is 5.41 Å². The van der Waals surface area contributed by atoms with Crippen molar-refractivity contribution in [2.75, 3.05) is 19.8 Å². The summed E-state index contributed by atoms with van der Waals surface area (Å²) in [7, 11) is 3.36. The van der Waals surface area contributed by atoms with Crippen LogP contribution in [0, 0.1) is 5.41 Å². The number of thioether (sulfide) groups is 1. The highest BCUT2D eigenvalue weighted by molar-refractivity contribution is 7.99. The van der Waals surface area contributed by atoms with Crippen LogP contribution in [0.1, 0.15) is 53.8 Å². The molecule has 0 bridgehead atoms. The molecule has 1 heterocycles. The lowest BCUT2D eigenvalue weighted by atomic mass is 9.89. The zero-order chi connectivity index (χ0) is 18.0. The van der Waals surface area contributed by atoms with Gasteiger partial charge < -0.3 is 4.90 Å². The fourth-order valence-electron chi connectivity index (χ4n) is 1.63. The maximum absolute atomic E-state index is 12.3. The molecule has 0 aliphatic carbocycles. The van der Waals surface area contributed by atoms with E-state index in [0.29, 0.717) is 23.2 Å². The zero-order valence-electron chi connectivity index (χ0n) is 15.4. The van der Waals surface area contributed by atoms with Gasteiger partial charge in [0.15, 0.2) is 11.0 Å². The van der Waals surface area contributed by atoms with E-state index in [1.807, 2.05) is 41.5 Å². The fourth-order valence-corrected chi connectivity index (χ4v) is 2.50. The predicted molar refractivity (Wildman–Crippen MR) is 93.0 cm³/mol. The van der Waals surface area contributed by atoms with E-state index in [2.05, 4.69) is 10.1 Å². The van der Waals surface area contributed by atoms with Crippen LogP contribution in [-0.2, 0) is 10.2 Å². The summed E-state index contributed by atoms with van der Waals surface area (Å²) in [6.45, 7) is 11.8. The minimum Gasteiger partial charge on any atom is -0.329 e. The second-order valence-corrected chi connectivity index (χ2v) is 8.89. The van der Waals surface area contributed by atoms with Gasteiger partial charge in [0, 0.05) is 37.1 Å². The Morgan fingerprint density at radius 2 is 1.70 bits per heavy atom. The van der Waals surface area contributed by atoms with Crippen molar-refractivity contribution in [3.8, 4) is 0 Å². The molecule has 1 rings (SSSR count). The van der Waals surface area contributed by atoms with E-state index in [-0.39, 0.29) is 22.6 Å². The first-order chi connectivity index (χ1) is 10.3. The molecule has 0 atom stereocenters. The first-order valence-electron chi connectivity index (χ1n) is 7.69. The Balaban J connectivity index is 2.94.